The molecule has 0 aromatic heterocycles. The molecule has 2 heterocycles. The van der Waals surface area contributed by atoms with E-state index in [1.807, 2.05) is 7.11 Å². The minimum absolute atomic E-state index is 0.132. The first kappa shape index (κ1) is 18.2. The van der Waals surface area contributed by atoms with Crippen LogP contribution in [-0.2, 0) is 14.9 Å². The normalized spacial score (nSPS) is 24.3. The number of piperidine rings is 1. The van der Waals surface area contributed by atoms with Crippen molar-refractivity contribution in [2.24, 2.45) is 0 Å². The Kier molecular flexibility index (Phi) is 5.78. The van der Waals surface area contributed by atoms with E-state index in [1.54, 1.807) is 5.57 Å². The van der Waals surface area contributed by atoms with Crippen molar-refractivity contribution in [1.29, 1.82) is 0 Å². The van der Waals surface area contributed by atoms with Crippen molar-refractivity contribution >= 4 is 6.08 Å². The van der Waals surface area contributed by atoms with Crippen LogP contribution in [0.5, 0.6) is 0 Å². The van der Waals surface area contributed by atoms with Gasteiger partial charge in [-0.2, -0.15) is 0 Å². The number of benzene rings is 1. The third-order valence-corrected chi connectivity index (χ3v) is 6.80. The molecule has 26 heavy (non-hydrogen) atoms. The monoisotopic (exact) mass is 355 g/mol. The fourth-order valence-corrected chi connectivity index (χ4v) is 4.80. The Morgan fingerprint density at radius 1 is 1.12 bits per heavy atom. The van der Waals surface area contributed by atoms with Crippen LogP contribution in [0.4, 0.5) is 0 Å². The van der Waals surface area contributed by atoms with Gasteiger partial charge in [0, 0.05) is 44.9 Å². The molecular formula is C23H33NO2. The Bertz CT molecular complexity index is 596. The number of hydrogen-bond acceptors (Lipinski definition) is 3. The Morgan fingerprint density at radius 3 is 2.38 bits per heavy atom. The van der Waals surface area contributed by atoms with Gasteiger partial charge in [-0.05, 0) is 49.7 Å². The number of methoxy groups -OCH3 is 1. The van der Waals surface area contributed by atoms with Crippen molar-refractivity contribution in [3.63, 3.8) is 0 Å². The predicted octanol–water partition coefficient (Wildman–Crippen LogP) is 4.41. The van der Waals surface area contributed by atoms with E-state index in [2.05, 4.69) is 35.2 Å². The summed E-state index contributed by atoms with van der Waals surface area (Å²) in [6.45, 7) is 4.98. The molecule has 4 rings (SSSR count). The Morgan fingerprint density at radius 2 is 1.81 bits per heavy atom. The molecule has 0 spiro atoms. The maximum absolute atomic E-state index is 5.59. The van der Waals surface area contributed by atoms with Crippen LogP contribution in [0.25, 0.3) is 6.08 Å². The molecule has 2 saturated heterocycles. The molecule has 142 valence electrons. The first-order chi connectivity index (χ1) is 12.8. The van der Waals surface area contributed by atoms with Gasteiger partial charge < -0.3 is 9.47 Å². The summed E-state index contributed by atoms with van der Waals surface area (Å²) in [5, 5.41) is 0. The van der Waals surface area contributed by atoms with Crippen LogP contribution in [0.3, 0.4) is 0 Å². The average Bonchev–Trinajstić information content (AvgIpc) is 2.63. The number of nitrogens with zero attached hydrogens (tertiary/aromatic N) is 1. The van der Waals surface area contributed by atoms with Crippen molar-refractivity contribution in [2.75, 3.05) is 40.0 Å². The van der Waals surface area contributed by atoms with Gasteiger partial charge in [0.25, 0.3) is 0 Å². The first-order valence-corrected chi connectivity index (χ1v) is 10.4. The summed E-state index contributed by atoms with van der Waals surface area (Å²) in [6, 6.07) is 10.1. The molecule has 1 saturated carbocycles. The van der Waals surface area contributed by atoms with E-state index in [4.69, 9.17) is 9.47 Å². The SMILES string of the molecule is COCC1(c2ccc(C=C3CCN(C4CCC4)CC3)cc2)CCOCC1. The smallest absolute Gasteiger partial charge is 0.0560 e. The summed E-state index contributed by atoms with van der Waals surface area (Å²) in [6.07, 6.45) is 11.3. The maximum Gasteiger partial charge on any atom is 0.0560 e. The minimum Gasteiger partial charge on any atom is -0.384 e. The molecule has 0 N–H and O–H groups in total. The minimum atomic E-state index is 0.132. The van der Waals surface area contributed by atoms with Crippen LogP contribution in [0, 0.1) is 0 Å². The summed E-state index contributed by atoms with van der Waals surface area (Å²) in [5.41, 5.74) is 4.50. The largest absolute Gasteiger partial charge is 0.384 e. The molecule has 0 amide bonds. The first-order valence-electron chi connectivity index (χ1n) is 10.4. The molecule has 0 bridgehead atoms. The highest BCUT2D eigenvalue weighted by Gasteiger charge is 2.34. The predicted molar refractivity (Wildman–Crippen MR) is 106 cm³/mol. The van der Waals surface area contributed by atoms with Gasteiger partial charge in [-0.15, -0.1) is 0 Å². The van der Waals surface area contributed by atoms with Gasteiger partial charge >= 0.3 is 0 Å². The highest BCUT2D eigenvalue weighted by Crippen LogP contribution is 2.35. The van der Waals surface area contributed by atoms with Crippen LogP contribution >= 0.6 is 0 Å². The van der Waals surface area contributed by atoms with Crippen molar-refractivity contribution in [1.82, 2.24) is 4.90 Å². The lowest BCUT2D eigenvalue weighted by atomic mass is 9.74. The van der Waals surface area contributed by atoms with E-state index in [0.29, 0.717) is 0 Å². The second-order valence-corrected chi connectivity index (χ2v) is 8.37. The van der Waals surface area contributed by atoms with E-state index in [9.17, 15) is 0 Å². The van der Waals surface area contributed by atoms with Crippen LogP contribution < -0.4 is 0 Å². The molecule has 1 aromatic rings. The molecule has 0 unspecified atom stereocenters. The molecule has 2 aliphatic heterocycles. The second-order valence-electron chi connectivity index (χ2n) is 8.37. The van der Waals surface area contributed by atoms with E-state index in [1.165, 1.54) is 56.3 Å². The molecule has 0 radical (unpaired) electrons. The number of likely N-dealkylation sites (tertiary alicyclic amines) is 1. The molecule has 3 nitrogen and oxygen atoms in total. The van der Waals surface area contributed by atoms with E-state index >= 15 is 0 Å². The van der Waals surface area contributed by atoms with Crippen molar-refractivity contribution in [3.8, 4) is 0 Å². The molecule has 1 aliphatic carbocycles. The molecule has 1 aromatic carbocycles. The molecule has 0 atom stereocenters. The summed E-state index contributed by atoms with van der Waals surface area (Å²) < 4.78 is 11.1. The second kappa shape index (κ2) is 8.24. The standard InChI is InChI=1S/C23H33NO2/c1-25-18-23(11-15-26-16-12-23)21-7-5-19(6-8-21)17-20-9-13-24(14-10-20)22-3-2-4-22/h5-8,17,22H,2-4,9-16,18H2,1H3. The van der Waals surface area contributed by atoms with Crippen molar-refractivity contribution in [3.05, 3.63) is 41.0 Å². The fraction of sp³-hybridized carbons (Fsp3) is 0.652. The van der Waals surface area contributed by atoms with Gasteiger partial charge in [0.2, 0.25) is 0 Å². The maximum atomic E-state index is 5.59. The highest BCUT2D eigenvalue weighted by atomic mass is 16.5. The number of ether oxygens (including phenoxy) is 2. The lowest BCUT2D eigenvalue weighted by molar-refractivity contribution is 0.0136. The zero-order chi connectivity index (χ0) is 17.8. The third-order valence-electron chi connectivity index (χ3n) is 6.80. The molecular weight excluding hydrogens is 322 g/mol. The van der Waals surface area contributed by atoms with E-state index < -0.39 is 0 Å². The van der Waals surface area contributed by atoms with Gasteiger partial charge in [-0.1, -0.05) is 42.3 Å². The number of rotatable bonds is 5. The number of hydrogen-bond donors (Lipinski definition) is 0. The Balaban J connectivity index is 1.41. The lowest BCUT2D eigenvalue weighted by Gasteiger charge is -2.40. The van der Waals surface area contributed by atoms with Crippen molar-refractivity contribution in [2.45, 2.75) is 56.4 Å². The van der Waals surface area contributed by atoms with Gasteiger partial charge in [0.15, 0.2) is 0 Å². The molecule has 3 heteroatoms. The lowest BCUT2D eigenvalue weighted by Crippen LogP contribution is -2.43. The fourth-order valence-electron chi connectivity index (χ4n) is 4.80. The average molecular weight is 356 g/mol. The van der Waals surface area contributed by atoms with Crippen LogP contribution in [0.2, 0.25) is 0 Å². The van der Waals surface area contributed by atoms with Crippen LogP contribution in [0.15, 0.2) is 29.8 Å². The quantitative estimate of drug-likeness (QED) is 0.781. The highest BCUT2D eigenvalue weighted by molar-refractivity contribution is 5.54. The summed E-state index contributed by atoms with van der Waals surface area (Å²) in [5.74, 6) is 0. The Hall–Kier alpha value is -1.16. The van der Waals surface area contributed by atoms with Gasteiger partial charge in [0.05, 0.1) is 6.61 Å². The zero-order valence-corrected chi connectivity index (χ0v) is 16.2. The van der Waals surface area contributed by atoms with Gasteiger partial charge in [-0.3, -0.25) is 4.90 Å². The summed E-state index contributed by atoms with van der Waals surface area (Å²) >= 11 is 0. The third kappa shape index (κ3) is 3.90. The van der Waals surface area contributed by atoms with Crippen LogP contribution in [0.1, 0.15) is 56.1 Å². The van der Waals surface area contributed by atoms with E-state index in [0.717, 1.165) is 38.7 Å². The Labute approximate surface area is 158 Å². The summed E-state index contributed by atoms with van der Waals surface area (Å²) in [7, 11) is 1.81. The molecule has 3 fully saturated rings. The molecule has 3 aliphatic rings. The topological polar surface area (TPSA) is 21.7 Å². The zero-order valence-electron chi connectivity index (χ0n) is 16.2. The van der Waals surface area contributed by atoms with Crippen molar-refractivity contribution < 1.29 is 9.47 Å². The summed E-state index contributed by atoms with van der Waals surface area (Å²) in [4.78, 5) is 2.71. The van der Waals surface area contributed by atoms with E-state index in [-0.39, 0.29) is 5.41 Å². The van der Waals surface area contributed by atoms with Crippen LogP contribution in [-0.4, -0.2) is 51.0 Å². The van der Waals surface area contributed by atoms with Gasteiger partial charge in [0.1, 0.15) is 0 Å². The van der Waals surface area contributed by atoms with Gasteiger partial charge in [-0.25, -0.2) is 0 Å².